The summed E-state index contributed by atoms with van der Waals surface area (Å²) in [5.74, 6) is 0.0538. The summed E-state index contributed by atoms with van der Waals surface area (Å²) in [6.07, 6.45) is 4.73. The van der Waals surface area contributed by atoms with E-state index < -0.39 is 10.0 Å². The van der Waals surface area contributed by atoms with Crippen LogP contribution in [0, 0.1) is 5.41 Å². The molecule has 0 unspecified atom stereocenters. The molecule has 1 amide bonds. The highest BCUT2D eigenvalue weighted by Gasteiger charge is 2.27. The highest BCUT2D eigenvalue weighted by molar-refractivity contribution is 7.89. The quantitative estimate of drug-likeness (QED) is 0.720. The monoisotopic (exact) mass is 331 g/mol. The molecule has 0 bridgehead atoms. The summed E-state index contributed by atoms with van der Waals surface area (Å²) in [6, 6.07) is 0. The maximum atomic E-state index is 12.1. The van der Waals surface area contributed by atoms with Crippen LogP contribution in [0.2, 0.25) is 0 Å². The summed E-state index contributed by atoms with van der Waals surface area (Å²) >= 11 is 0. The largest absolute Gasteiger partial charge is 0.356 e. The zero-order valence-electron chi connectivity index (χ0n) is 13.6. The van der Waals surface area contributed by atoms with Gasteiger partial charge < -0.3 is 10.6 Å². The van der Waals surface area contributed by atoms with Gasteiger partial charge in [0.2, 0.25) is 15.9 Å². The molecule has 0 saturated carbocycles. The van der Waals surface area contributed by atoms with Gasteiger partial charge in [0.15, 0.2) is 0 Å². The molecule has 0 atom stereocenters. The van der Waals surface area contributed by atoms with Crippen LogP contribution in [-0.4, -0.2) is 57.1 Å². The first-order valence-electron chi connectivity index (χ1n) is 8.37. The van der Waals surface area contributed by atoms with Crippen LogP contribution >= 0.6 is 0 Å². The van der Waals surface area contributed by atoms with Gasteiger partial charge in [0.05, 0.1) is 5.75 Å². The van der Waals surface area contributed by atoms with Gasteiger partial charge in [-0.3, -0.25) is 4.79 Å². The second-order valence-corrected chi connectivity index (χ2v) is 8.95. The Morgan fingerprint density at radius 3 is 2.50 bits per heavy atom. The molecule has 2 heterocycles. The Labute approximate surface area is 134 Å². The minimum Gasteiger partial charge on any atom is -0.356 e. The fourth-order valence-corrected chi connectivity index (χ4v) is 4.70. The molecule has 0 radical (unpaired) electrons. The second kappa shape index (κ2) is 7.75. The summed E-state index contributed by atoms with van der Waals surface area (Å²) in [7, 11) is -3.16. The van der Waals surface area contributed by atoms with E-state index in [1.165, 1.54) is 0 Å². The zero-order valence-corrected chi connectivity index (χ0v) is 14.4. The molecular weight excluding hydrogens is 302 g/mol. The van der Waals surface area contributed by atoms with Crippen molar-refractivity contribution in [3.05, 3.63) is 0 Å². The van der Waals surface area contributed by atoms with Crippen LogP contribution in [0.15, 0.2) is 0 Å². The SMILES string of the molecule is CC1(CNC(=O)CCCS(=O)(=O)N2CCCC2)CCNCC1. The van der Waals surface area contributed by atoms with Gasteiger partial charge in [-0.2, -0.15) is 0 Å². The molecule has 0 aromatic rings. The molecule has 2 N–H and O–H groups in total. The van der Waals surface area contributed by atoms with E-state index in [0.717, 1.165) is 38.8 Å². The van der Waals surface area contributed by atoms with Crippen LogP contribution < -0.4 is 10.6 Å². The first-order valence-corrected chi connectivity index (χ1v) is 9.98. The topological polar surface area (TPSA) is 78.5 Å². The van der Waals surface area contributed by atoms with Crippen molar-refractivity contribution in [3.63, 3.8) is 0 Å². The summed E-state index contributed by atoms with van der Waals surface area (Å²) in [5, 5.41) is 6.29. The van der Waals surface area contributed by atoms with Crippen LogP contribution in [0.1, 0.15) is 45.4 Å². The lowest BCUT2D eigenvalue weighted by atomic mass is 9.81. The van der Waals surface area contributed by atoms with Gasteiger partial charge in [-0.1, -0.05) is 6.92 Å². The number of hydrogen-bond acceptors (Lipinski definition) is 4. The van der Waals surface area contributed by atoms with E-state index in [0.29, 0.717) is 32.5 Å². The van der Waals surface area contributed by atoms with Gasteiger partial charge in [-0.25, -0.2) is 12.7 Å². The van der Waals surface area contributed by atoms with Crippen molar-refractivity contribution >= 4 is 15.9 Å². The maximum absolute atomic E-state index is 12.1. The summed E-state index contributed by atoms with van der Waals surface area (Å²) in [6.45, 7) is 6.17. The lowest BCUT2D eigenvalue weighted by Gasteiger charge is -2.34. The zero-order chi connectivity index (χ0) is 16.1. The Morgan fingerprint density at radius 1 is 1.23 bits per heavy atom. The molecule has 6 nitrogen and oxygen atoms in total. The summed E-state index contributed by atoms with van der Waals surface area (Å²) < 4.78 is 25.7. The predicted molar refractivity (Wildman–Crippen MR) is 87.0 cm³/mol. The Balaban J connectivity index is 1.65. The normalized spacial score (nSPS) is 22.6. The molecule has 22 heavy (non-hydrogen) atoms. The average Bonchev–Trinajstić information content (AvgIpc) is 3.01. The fraction of sp³-hybridized carbons (Fsp3) is 0.933. The van der Waals surface area contributed by atoms with E-state index in [1.54, 1.807) is 4.31 Å². The van der Waals surface area contributed by atoms with E-state index in [1.807, 2.05) is 0 Å². The number of nitrogens with one attached hydrogen (secondary N) is 2. The standard InChI is InChI=1S/C15H29N3O3S/c1-15(6-8-16-9-7-15)13-17-14(19)5-4-12-22(20,21)18-10-2-3-11-18/h16H,2-13H2,1H3,(H,17,19). The minimum absolute atomic E-state index is 0.0311. The Kier molecular flexibility index (Phi) is 6.23. The molecule has 2 fully saturated rings. The molecule has 0 aromatic carbocycles. The molecule has 0 spiro atoms. The smallest absolute Gasteiger partial charge is 0.220 e. The number of amides is 1. The predicted octanol–water partition coefficient (Wildman–Crippen LogP) is 0.698. The van der Waals surface area contributed by atoms with Gasteiger partial charge in [-0.05, 0) is 50.6 Å². The van der Waals surface area contributed by atoms with Crippen LogP contribution in [0.4, 0.5) is 0 Å². The van der Waals surface area contributed by atoms with Crippen molar-refractivity contribution in [3.8, 4) is 0 Å². The van der Waals surface area contributed by atoms with Gasteiger partial charge in [0.25, 0.3) is 0 Å². The molecular formula is C15H29N3O3S. The third-order valence-electron chi connectivity index (χ3n) is 4.79. The van der Waals surface area contributed by atoms with Gasteiger partial charge in [0.1, 0.15) is 0 Å². The van der Waals surface area contributed by atoms with Crippen LogP contribution in [-0.2, 0) is 14.8 Å². The average molecular weight is 331 g/mol. The number of hydrogen-bond donors (Lipinski definition) is 2. The summed E-state index contributed by atoms with van der Waals surface area (Å²) in [4.78, 5) is 11.9. The highest BCUT2D eigenvalue weighted by atomic mass is 32.2. The third kappa shape index (κ3) is 5.21. The van der Waals surface area contributed by atoms with Gasteiger partial charge >= 0.3 is 0 Å². The van der Waals surface area contributed by atoms with E-state index in [4.69, 9.17) is 0 Å². The van der Waals surface area contributed by atoms with E-state index in [-0.39, 0.29) is 17.1 Å². The molecule has 128 valence electrons. The van der Waals surface area contributed by atoms with Crippen molar-refractivity contribution in [1.29, 1.82) is 0 Å². The van der Waals surface area contributed by atoms with Gasteiger partial charge in [0, 0.05) is 26.1 Å². The lowest BCUT2D eigenvalue weighted by Crippen LogP contribution is -2.43. The number of piperidine rings is 1. The third-order valence-corrected chi connectivity index (χ3v) is 6.74. The fourth-order valence-electron chi connectivity index (χ4n) is 3.12. The Morgan fingerprint density at radius 2 is 1.86 bits per heavy atom. The molecule has 2 aliphatic rings. The van der Waals surface area contributed by atoms with Crippen molar-refractivity contribution in [2.24, 2.45) is 5.41 Å². The van der Waals surface area contributed by atoms with Crippen molar-refractivity contribution < 1.29 is 13.2 Å². The number of rotatable bonds is 7. The van der Waals surface area contributed by atoms with Crippen LogP contribution in [0.5, 0.6) is 0 Å². The second-order valence-electron chi connectivity index (χ2n) is 6.86. The molecule has 7 heteroatoms. The Hall–Kier alpha value is -0.660. The number of carbonyl (C=O) groups is 1. The first-order chi connectivity index (χ1) is 10.4. The maximum Gasteiger partial charge on any atom is 0.220 e. The Bertz CT molecular complexity index is 466. The molecule has 2 rings (SSSR count). The van der Waals surface area contributed by atoms with Gasteiger partial charge in [-0.15, -0.1) is 0 Å². The number of carbonyl (C=O) groups excluding carboxylic acids is 1. The lowest BCUT2D eigenvalue weighted by molar-refractivity contribution is -0.121. The van der Waals surface area contributed by atoms with Crippen LogP contribution in [0.3, 0.4) is 0 Å². The molecule has 0 aromatic heterocycles. The minimum atomic E-state index is -3.16. The summed E-state index contributed by atoms with van der Waals surface area (Å²) in [5.41, 5.74) is 0.169. The van der Waals surface area contributed by atoms with E-state index in [9.17, 15) is 13.2 Å². The van der Waals surface area contributed by atoms with Crippen molar-refractivity contribution in [2.45, 2.75) is 45.4 Å². The molecule has 0 aliphatic carbocycles. The highest BCUT2D eigenvalue weighted by Crippen LogP contribution is 2.26. The van der Waals surface area contributed by atoms with E-state index in [2.05, 4.69) is 17.6 Å². The van der Waals surface area contributed by atoms with Crippen LogP contribution in [0.25, 0.3) is 0 Å². The first kappa shape index (κ1) is 17.7. The number of sulfonamides is 1. The molecule has 2 aliphatic heterocycles. The van der Waals surface area contributed by atoms with Crippen molar-refractivity contribution in [1.82, 2.24) is 14.9 Å². The molecule has 2 saturated heterocycles. The van der Waals surface area contributed by atoms with Crippen molar-refractivity contribution in [2.75, 3.05) is 38.5 Å². The van der Waals surface area contributed by atoms with E-state index >= 15 is 0 Å². The number of nitrogens with zero attached hydrogens (tertiary/aromatic N) is 1.